The second-order valence-corrected chi connectivity index (χ2v) is 5.96. The number of rotatable bonds is 5. The van der Waals surface area contributed by atoms with Gasteiger partial charge in [-0.25, -0.2) is 0 Å². The molecule has 1 amide bonds. The van der Waals surface area contributed by atoms with E-state index in [2.05, 4.69) is 5.32 Å². The molecule has 0 saturated carbocycles. The van der Waals surface area contributed by atoms with Gasteiger partial charge in [-0.2, -0.15) is 5.26 Å². The number of likely N-dealkylation sites (N-methyl/N-ethyl adjacent to an activating group) is 1. The zero-order chi connectivity index (χ0) is 16.8. The number of nitriles is 1. The highest BCUT2D eigenvalue weighted by molar-refractivity contribution is 6.35. The summed E-state index contributed by atoms with van der Waals surface area (Å²) in [5.74, 6) is -0.194. The van der Waals surface area contributed by atoms with E-state index in [0.29, 0.717) is 27.8 Å². The number of para-hydroxylation sites is 1. The van der Waals surface area contributed by atoms with Crippen LogP contribution in [0.4, 0.5) is 5.69 Å². The SMILES string of the molecule is CN(CC(=O)Nc1ccccc1C#N)Cc1ccc(Cl)cc1Cl. The molecule has 0 saturated heterocycles. The maximum Gasteiger partial charge on any atom is 0.238 e. The molecule has 0 spiro atoms. The predicted molar refractivity (Wildman–Crippen MR) is 92.6 cm³/mol. The Labute approximate surface area is 145 Å². The molecule has 0 aromatic heterocycles. The third kappa shape index (κ3) is 4.97. The topological polar surface area (TPSA) is 56.1 Å². The van der Waals surface area contributed by atoms with Gasteiger partial charge in [-0.15, -0.1) is 0 Å². The monoisotopic (exact) mass is 347 g/mol. The van der Waals surface area contributed by atoms with Crippen LogP contribution in [-0.4, -0.2) is 24.4 Å². The molecular formula is C17H15Cl2N3O. The summed E-state index contributed by atoms with van der Waals surface area (Å²) in [5.41, 5.74) is 1.84. The van der Waals surface area contributed by atoms with Crippen LogP contribution in [0.15, 0.2) is 42.5 Å². The first-order chi connectivity index (χ1) is 11.0. The summed E-state index contributed by atoms with van der Waals surface area (Å²) in [7, 11) is 1.82. The summed E-state index contributed by atoms with van der Waals surface area (Å²) < 4.78 is 0. The Kier molecular flexibility index (Phi) is 6.00. The van der Waals surface area contributed by atoms with Crippen molar-refractivity contribution in [2.45, 2.75) is 6.54 Å². The molecule has 0 atom stereocenters. The lowest BCUT2D eigenvalue weighted by atomic mass is 10.2. The smallest absolute Gasteiger partial charge is 0.238 e. The van der Waals surface area contributed by atoms with Gasteiger partial charge in [-0.05, 0) is 36.9 Å². The average Bonchev–Trinajstić information content (AvgIpc) is 2.50. The molecule has 2 aromatic rings. The van der Waals surface area contributed by atoms with E-state index in [1.807, 2.05) is 24.1 Å². The summed E-state index contributed by atoms with van der Waals surface area (Å²) in [5, 5.41) is 12.9. The zero-order valence-electron chi connectivity index (χ0n) is 12.5. The van der Waals surface area contributed by atoms with E-state index in [-0.39, 0.29) is 12.5 Å². The second-order valence-electron chi connectivity index (χ2n) is 5.11. The normalized spacial score (nSPS) is 10.4. The second kappa shape index (κ2) is 7.98. The van der Waals surface area contributed by atoms with Gasteiger partial charge in [0.25, 0.3) is 0 Å². The van der Waals surface area contributed by atoms with E-state index in [0.717, 1.165) is 5.56 Å². The largest absolute Gasteiger partial charge is 0.324 e. The van der Waals surface area contributed by atoms with Crippen molar-refractivity contribution in [1.29, 1.82) is 5.26 Å². The van der Waals surface area contributed by atoms with E-state index in [9.17, 15) is 4.79 Å². The van der Waals surface area contributed by atoms with Crippen LogP contribution in [0.5, 0.6) is 0 Å². The molecule has 118 valence electrons. The maximum atomic E-state index is 12.1. The Hall–Kier alpha value is -2.06. The van der Waals surface area contributed by atoms with Crippen LogP contribution in [0.2, 0.25) is 10.0 Å². The lowest BCUT2D eigenvalue weighted by Crippen LogP contribution is -2.30. The zero-order valence-corrected chi connectivity index (χ0v) is 14.0. The number of anilines is 1. The van der Waals surface area contributed by atoms with Crippen molar-refractivity contribution < 1.29 is 4.79 Å². The van der Waals surface area contributed by atoms with Gasteiger partial charge in [0.2, 0.25) is 5.91 Å². The van der Waals surface area contributed by atoms with Crippen molar-refractivity contribution in [1.82, 2.24) is 4.90 Å². The Bertz CT molecular complexity index is 756. The first-order valence-corrected chi connectivity index (χ1v) is 7.66. The quantitative estimate of drug-likeness (QED) is 0.891. The Morgan fingerprint density at radius 1 is 1.26 bits per heavy atom. The first kappa shape index (κ1) is 17.3. The molecule has 2 aromatic carbocycles. The van der Waals surface area contributed by atoms with Crippen LogP contribution in [-0.2, 0) is 11.3 Å². The highest BCUT2D eigenvalue weighted by Gasteiger charge is 2.11. The van der Waals surface area contributed by atoms with E-state index in [4.69, 9.17) is 28.5 Å². The molecule has 2 rings (SSSR count). The number of carbonyl (C=O) groups excluding carboxylic acids is 1. The number of hydrogen-bond acceptors (Lipinski definition) is 3. The third-order valence-electron chi connectivity index (χ3n) is 3.19. The number of carbonyl (C=O) groups is 1. The highest BCUT2D eigenvalue weighted by Crippen LogP contribution is 2.22. The molecule has 1 N–H and O–H groups in total. The van der Waals surface area contributed by atoms with Crippen molar-refractivity contribution in [3.63, 3.8) is 0 Å². The molecule has 0 aliphatic carbocycles. The lowest BCUT2D eigenvalue weighted by Gasteiger charge is -2.17. The minimum Gasteiger partial charge on any atom is -0.324 e. The van der Waals surface area contributed by atoms with Crippen LogP contribution in [0.25, 0.3) is 0 Å². The number of nitrogens with zero attached hydrogens (tertiary/aromatic N) is 2. The van der Waals surface area contributed by atoms with E-state index < -0.39 is 0 Å². The van der Waals surface area contributed by atoms with Crippen LogP contribution in [0.1, 0.15) is 11.1 Å². The van der Waals surface area contributed by atoms with Gasteiger partial charge in [-0.3, -0.25) is 9.69 Å². The van der Waals surface area contributed by atoms with Crippen LogP contribution >= 0.6 is 23.2 Å². The number of nitrogens with one attached hydrogen (secondary N) is 1. The summed E-state index contributed by atoms with van der Waals surface area (Å²) >= 11 is 12.0. The fraction of sp³-hybridized carbons (Fsp3) is 0.176. The van der Waals surface area contributed by atoms with Gasteiger partial charge in [0.15, 0.2) is 0 Å². The van der Waals surface area contributed by atoms with E-state index >= 15 is 0 Å². The molecule has 0 aliphatic rings. The molecule has 6 heteroatoms. The van der Waals surface area contributed by atoms with Crippen LogP contribution in [0.3, 0.4) is 0 Å². The fourth-order valence-electron chi connectivity index (χ4n) is 2.12. The highest BCUT2D eigenvalue weighted by atomic mass is 35.5. The number of benzene rings is 2. The van der Waals surface area contributed by atoms with Crippen molar-refractivity contribution in [3.8, 4) is 6.07 Å². The van der Waals surface area contributed by atoms with E-state index in [1.54, 1.807) is 36.4 Å². The molecule has 0 bridgehead atoms. The Morgan fingerprint density at radius 3 is 2.70 bits per heavy atom. The van der Waals surface area contributed by atoms with Crippen LogP contribution < -0.4 is 5.32 Å². The first-order valence-electron chi connectivity index (χ1n) is 6.91. The Morgan fingerprint density at radius 2 is 2.00 bits per heavy atom. The standard InChI is InChI=1S/C17H15Cl2N3O/c1-22(10-13-6-7-14(18)8-15(13)19)11-17(23)21-16-5-3-2-4-12(16)9-20/h2-8H,10-11H2,1H3,(H,21,23). The summed E-state index contributed by atoms with van der Waals surface area (Å²) in [6.45, 7) is 0.696. The molecule has 0 aliphatic heterocycles. The van der Waals surface area contributed by atoms with Gasteiger partial charge < -0.3 is 5.32 Å². The molecule has 0 radical (unpaired) electrons. The minimum atomic E-state index is -0.194. The van der Waals surface area contributed by atoms with Crippen LogP contribution in [0, 0.1) is 11.3 Å². The van der Waals surface area contributed by atoms with Gasteiger partial charge in [0.1, 0.15) is 6.07 Å². The van der Waals surface area contributed by atoms with Crippen molar-refractivity contribution >= 4 is 34.8 Å². The van der Waals surface area contributed by atoms with Gasteiger partial charge in [0, 0.05) is 16.6 Å². The van der Waals surface area contributed by atoms with Crippen molar-refractivity contribution in [2.75, 3.05) is 18.9 Å². The third-order valence-corrected chi connectivity index (χ3v) is 3.78. The number of halogens is 2. The average molecular weight is 348 g/mol. The maximum absolute atomic E-state index is 12.1. The molecule has 0 heterocycles. The van der Waals surface area contributed by atoms with Gasteiger partial charge >= 0.3 is 0 Å². The lowest BCUT2D eigenvalue weighted by molar-refractivity contribution is -0.117. The molecule has 0 fully saturated rings. The fourth-order valence-corrected chi connectivity index (χ4v) is 2.59. The molecule has 4 nitrogen and oxygen atoms in total. The van der Waals surface area contributed by atoms with Crippen molar-refractivity contribution in [3.05, 3.63) is 63.6 Å². The predicted octanol–water partition coefficient (Wildman–Crippen LogP) is 3.94. The Balaban J connectivity index is 1.96. The van der Waals surface area contributed by atoms with Crippen molar-refractivity contribution in [2.24, 2.45) is 0 Å². The van der Waals surface area contributed by atoms with Gasteiger partial charge in [0.05, 0.1) is 17.8 Å². The molecule has 23 heavy (non-hydrogen) atoms. The minimum absolute atomic E-state index is 0.179. The molecular weight excluding hydrogens is 333 g/mol. The van der Waals surface area contributed by atoms with Gasteiger partial charge in [-0.1, -0.05) is 41.4 Å². The summed E-state index contributed by atoms with van der Waals surface area (Å²) in [6, 6.07) is 14.2. The van der Waals surface area contributed by atoms with E-state index in [1.165, 1.54) is 0 Å². The number of amides is 1. The molecule has 0 unspecified atom stereocenters. The summed E-state index contributed by atoms with van der Waals surface area (Å²) in [6.07, 6.45) is 0. The number of hydrogen-bond donors (Lipinski definition) is 1. The summed E-state index contributed by atoms with van der Waals surface area (Å²) in [4.78, 5) is 13.9.